The molecule has 0 unspecified atom stereocenters. The van der Waals surface area contributed by atoms with Gasteiger partial charge in [-0.25, -0.2) is 0 Å². The number of anilines is 3. The number of hydrogen-bond acceptors (Lipinski definition) is 2. The molecule has 0 saturated heterocycles. The fourth-order valence-corrected chi connectivity index (χ4v) is 4.38. The normalized spacial score (nSPS) is 11.0. The molecule has 5 aromatic carbocycles. The third kappa shape index (κ3) is 3.72. The Balaban J connectivity index is 1.47. The number of para-hydroxylation sites is 3. The summed E-state index contributed by atoms with van der Waals surface area (Å²) in [6.45, 7) is 0. The van der Waals surface area contributed by atoms with E-state index in [2.05, 4.69) is 125 Å². The third-order valence-corrected chi connectivity index (χ3v) is 6.03. The van der Waals surface area contributed by atoms with Crippen molar-refractivity contribution in [1.82, 2.24) is 4.98 Å². The van der Waals surface area contributed by atoms with Gasteiger partial charge in [0.05, 0.1) is 5.52 Å². The molecule has 0 fully saturated rings. The van der Waals surface area contributed by atoms with Crippen LogP contribution in [0.25, 0.3) is 32.8 Å². The lowest BCUT2D eigenvalue weighted by Gasteiger charge is -2.25. The van der Waals surface area contributed by atoms with Crippen LogP contribution in [0.1, 0.15) is 0 Å². The van der Waals surface area contributed by atoms with Crippen LogP contribution in [-0.4, -0.2) is 4.98 Å². The van der Waals surface area contributed by atoms with E-state index in [1.807, 2.05) is 18.3 Å². The lowest BCUT2D eigenvalue weighted by atomic mass is 10.0. The highest BCUT2D eigenvalue weighted by atomic mass is 15.1. The highest BCUT2D eigenvalue weighted by molar-refractivity contribution is 5.93. The van der Waals surface area contributed by atoms with Gasteiger partial charge in [0.1, 0.15) is 0 Å². The molecule has 1 heterocycles. The average Bonchev–Trinajstić information content (AvgIpc) is 2.89. The quantitative estimate of drug-likeness (QED) is 0.283. The summed E-state index contributed by atoms with van der Waals surface area (Å²) in [7, 11) is 0. The van der Waals surface area contributed by atoms with Crippen molar-refractivity contribution in [3.8, 4) is 11.1 Å². The Kier molecular flexibility index (Phi) is 4.82. The average molecular weight is 423 g/mol. The van der Waals surface area contributed by atoms with Crippen molar-refractivity contribution in [2.75, 3.05) is 4.90 Å². The summed E-state index contributed by atoms with van der Waals surface area (Å²) in [5.74, 6) is 0. The molecule has 0 aliphatic rings. The SMILES string of the molecule is c1ccc(N(c2ccccc2)c2ccc3ccc(-c4cnc5ccccc5c4)cc3c2)cc1. The van der Waals surface area contributed by atoms with Gasteiger partial charge in [-0.2, -0.15) is 0 Å². The molecule has 6 aromatic rings. The summed E-state index contributed by atoms with van der Waals surface area (Å²) in [6.07, 6.45) is 1.97. The summed E-state index contributed by atoms with van der Waals surface area (Å²) >= 11 is 0. The largest absolute Gasteiger partial charge is 0.310 e. The van der Waals surface area contributed by atoms with Crippen LogP contribution in [0.2, 0.25) is 0 Å². The number of nitrogens with zero attached hydrogens (tertiary/aromatic N) is 2. The number of pyridine rings is 1. The highest BCUT2D eigenvalue weighted by Gasteiger charge is 2.12. The van der Waals surface area contributed by atoms with Gasteiger partial charge in [-0.1, -0.05) is 72.8 Å². The van der Waals surface area contributed by atoms with Gasteiger partial charge < -0.3 is 4.90 Å². The lowest BCUT2D eigenvalue weighted by Crippen LogP contribution is -2.09. The van der Waals surface area contributed by atoms with E-state index in [1.54, 1.807) is 0 Å². The van der Waals surface area contributed by atoms with Crippen LogP contribution < -0.4 is 4.90 Å². The van der Waals surface area contributed by atoms with Crippen LogP contribution in [0.5, 0.6) is 0 Å². The van der Waals surface area contributed by atoms with Gasteiger partial charge in [-0.05, 0) is 70.9 Å². The number of aromatic nitrogens is 1. The maximum atomic E-state index is 4.65. The molecule has 2 heteroatoms. The van der Waals surface area contributed by atoms with Crippen molar-refractivity contribution in [2.45, 2.75) is 0 Å². The lowest BCUT2D eigenvalue weighted by molar-refractivity contribution is 1.29. The molecule has 0 atom stereocenters. The van der Waals surface area contributed by atoms with Gasteiger partial charge >= 0.3 is 0 Å². The molecule has 156 valence electrons. The van der Waals surface area contributed by atoms with Crippen LogP contribution in [0.4, 0.5) is 17.1 Å². The fourth-order valence-electron chi connectivity index (χ4n) is 4.38. The summed E-state index contributed by atoms with van der Waals surface area (Å²) in [5, 5.41) is 3.58. The first kappa shape index (κ1) is 19.3. The number of hydrogen-bond donors (Lipinski definition) is 0. The fraction of sp³-hybridized carbons (Fsp3) is 0. The first-order valence-electron chi connectivity index (χ1n) is 11.1. The maximum Gasteiger partial charge on any atom is 0.0702 e. The van der Waals surface area contributed by atoms with Crippen molar-refractivity contribution < 1.29 is 0 Å². The number of benzene rings is 5. The Morgan fingerprint density at radius 1 is 0.424 bits per heavy atom. The van der Waals surface area contributed by atoms with Crippen molar-refractivity contribution in [3.63, 3.8) is 0 Å². The zero-order valence-corrected chi connectivity index (χ0v) is 18.1. The Bertz CT molecular complexity index is 1520. The molecular weight excluding hydrogens is 400 g/mol. The van der Waals surface area contributed by atoms with Crippen LogP contribution in [0.3, 0.4) is 0 Å². The predicted molar refractivity (Wildman–Crippen MR) is 139 cm³/mol. The van der Waals surface area contributed by atoms with Crippen molar-refractivity contribution in [2.24, 2.45) is 0 Å². The van der Waals surface area contributed by atoms with E-state index in [0.29, 0.717) is 0 Å². The Morgan fingerprint density at radius 2 is 1.06 bits per heavy atom. The minimum absolute atomic E-state index is 1.02. The van der Waals surface area contributed by atoms with E-state index >= 15 is 0 Å². The van der Waals surface area contributed by atoms with Gasteiger partial charge in [0.2, 0.25) is 0 Å². The summed E-state index contributed by atoms with van der Waals surface area (Å²) < 4.78 is 0. The van der Waals surface area contributed by atoms with Gasteiger partial charge in [-0.15, -0.1) is 0 Å². The molecule has 0 saturated carbocycles. The second kappa shape index (κ2) is 8.25. The standard InChI is InChI=1S/C31H22N2/c1-3-10-28(11-4-1)33(29-12-5-2-6-13-29)30-18-17-23-15-16-24(19-26(23)21-30)27-20-25-9-7-8-14-31(25)32-22-27/h1-22H. The van der Waals surface area contributed by atoms with Crippen LogP contribution in [-0.2, 0) is 0 Å². The molecular formula is C31H22N2. The molecule has 0 aliphatic carbocycles. The van der Waals surface area contributed by atoms with Gasteiger partial charge in [-0.3, -0.25) is 4.98 Å². The minimum Gasteiger partial charge on any atom is -0.310 e. The Labute approximate surface area is 193 Å². The predicted octanol–water partition coefficient (Wildman–Crippen LogP) is 8.52. The molecule has 0 aliphatic heterocycles. The molecule has 33 heavy (non-hydrogen) atoms. The Hall–Kier alpha value is -4.43. The molecule has 1 aromatic heterocycles. The van der Waals surface area contributed by atoms with Crippen molar-refractivity contribution in [1.29, 1.82) is 0 Å². The monoisotopic (exact) mass is 422 g/mol. The summed E-state index contributed by atoms with van der Waals surface area (Å²) in [4.78, 5) is 6.95. The van der Waals surface area contributed by atoms with Gasteiger partial charge in [0.15, 0.2) is 0 Å². The second-order valence-corrected chi connectivity index (χ2v) is 8.17. The summed E-state index contributed by atoms with van der Waals surface area (Å²) in [5.41, 5.74) is 6.73. The molecule has 6 rings (SSSR count). The third-order valence-electron chi connectivity index (χ3n) is 6.03. The topological polar surface area (TPSA) is 16.1 Å². The zero-order chi connectivity index (χ0) is 22.0. The van der Waals surface area contributed by atoms with Gasteiger partial charge in [0.25, 0.3) is 0 Å². The molecule has 0 N–H and O–H groups in total. The van der Waals surface area contributed by atoms with E-state index in [4.69, 9.17) is 0 Å². The molecule has 0 amide bonds. The smallest absolute Gasteiger partial charge is 0.0702 e. The second-order valence-electron chi connectivity index (χ2n) is 8.17. The van der Waals surface area contributed by atoms with Crippen molar-refractivity contribution >= 4 is 38.7 Å². The van der Waals surface area contributed by atoms with Crippen LogP contribution in [0, 0.1) is 0 Å². The van der Waals surface area contributed by atoms with Crippen LogP contribution >= 0.6 is 0 Å². The first-order chi connectivity index (χ1) is 16.3. The zero-order valence-electron chi connectivity index (χ0n) is 18.1. The number of rotatable bonds is 4. The first-order valence-corrected chi connectivity index (χ1v) is 11.1. The molecule has 0 bridgehead atoms. The van der Waals surface area contributed by atoms with Gasteiger partial charge in [0, 0.05) is 34.2 Å². The van der Waals surface area contributed by atoms with Crippen molar-refractivity contribution in [3.05, 3.63) is 134 Å². The highest BCUT2D eigenvalue weighted by Crippen LogP contribution is 2.36. The summed E-state index contributed by atoms with van der Waals surface area (Å²) in [6, 6.07) is 44.8. The number of fused-ring (bicyclic) bond motifs is 2. The van der Waals surface area contributed by atoms with E-state index < -0.39 is 0 Å². The molecule has 2 nitrogen and oxygen atoms in total. The molecule has 0 radical (unpaired) electrons. The Morgan fingerprint density at radius 3 is 1.82 bits per heavy atom. The van der Waals surface area contributed by atoms with E-state index in [9.17, 15) is 0 Å². The molecule has 0 spiro atoms. The maximum absolute atomic E-state index is 4.65. The van der Waals surface area contributed by atoms with E-state index in [1.165, 1.54) is 16.3 Å². The minimum atomic E-state index is 1.02. The van der Waals surface area contributed by atoms with Crippen LogP contribution in [0.15, 0.2) is 134 Å². The van der Waals surface area contributed by atoms with E-state index in [-0.39, 0.29) is 0 Å². The van der Waals surface area contributed by atoms with E-state index in [0.717, 1.165) is 33.5 Å².